The number of hydrogen-bond donors (Lipinski definition) is 3. The molecule has 0 unspecified atom stereocenters. The van der Waals surface area contributed by atoms with Crippen molar-refractivity contribution in [2.45, 2.75) is 45.4 Å². The fourth-order valence-corrected chi connectivity index (χ4v) is 4.19. The van der Waals surface area contributed by atoms with Crippen LogP contribution in [0.2, 0.25) is 0 Å². The summed E-state index contributed by atoms with van der Waals surface area (Å²) in [5.41, 5.74) is 3.44. The molecule has 1 fully saturated rings. The molecule has 0 bridgehead atoms. The van der Waals surface area contributed by atoms with E-state index in [0.717, 1.165) is 16.8 Å². The van der Waals surface area contributed by atoms with E-state index in [-0.39, 0.29) is 35.8 Å². The monoisotopic (exact) mass is 464 g/mol. The van der Waals surface area contributed by atoms with Gasteiger partial charge in [-0.2, -0.15) is 0 Å². The predicted octanol–water partition coefficient (Wildman–Crippen LogP) is 3.58. The Morgan fingerprint density at radius 3 is 2.41 bits per heavy atom. The van der Waals surface area contributed by atoms with Crippen molar-refractivity contribution in [3.8, 4) is 5.75 Å². The summed E-state index contributed by atoms with van der Waals surface area (Å²) in [5, 5.41) is 8.06. The van der Waals surface area contributed by atoms with Crippen LogP contribution >= 0.6 is 0 Å². The zero-order chi connectivity index (χ0) is 24.6. The Labute approximate surface area is 197 Å². The van der Waals surface area contributed by atoms with Gasteiger partial charge in [0.1, 0.15) is 5.75 Å². The number of imide groups is 1. The average Bonchev–Trinajstić information content (AvgIpc) is 2.77. The summed E-state index contributed by atoms with van der Waals surface area (Å²) in [6.45, 7) is 6.20. The third kappa shape index (κ3) is 4.59. The lowest BCUT2D eigenvalue weighted by atomic mass is 9.84. The van der Waals surface area contributed by atoms with Crippen molar-refractivity contribution >= 4 is 40.8 Å². The lowest BCUT2D eigenvalue weighted by Crippen LogP contribution is -2.49. The van der Waals surface area contributed by atoms with Crippen LogP contribution in [0.25, 0.3) is 0 Å². The fourth-order valence-electron chi connectivity index (χ4n) is 4.19. The normalized spacial score (nSPS) is 15.9. The Kier molecular flexibility index (Phi) is 6.03. The molecule has 0 spiro atoms. The number of amides is 5. The minimum atomic E-state index is -0.524. The van der Waals surface area contributed by atoms with Crippen molar-refractivity contribution in [2.75, 3.05) is 29.2 Å². The molecule has 2 aromatic rings. The number of benzene rings is 2. The summed E-state index contributed by atoms with van der Waals surface area (Å²) in [7, 11) is 1.51. The molecular weight excluding hydrogens is 436 g/mol. The molecule has 2 aliphatic heterocycles. The quantitative estimate of drug-likeness (QED) is 0.640. The largest absolute Gasteiger partial charge is 0.496 e. The van der Waals surface area contributed by atoms with Crippen LogP contribution < -0.4 is 25.6 Å². The van der Waals surface area contributed by atoms with Crippen LogP contribution in [-0.4, -0.2) is 37.4 Å². The third-order valence-corrected chi connectivity index (χ3v) is 5.95. The van der Waals surface area contributed by atoms with Gasteiger partial charge in [-0.25, -0.2) is 4.79 Å². The molecule has 0 radical (unpaired) electrons. The Morgan fingerprint density at radius 1 is 1.00 bits per heavy atom. The van der Waals surface area contributed by atoms with E-state index in [2.05, 4.69) is 16.0 Å². The number of carbonyl (C=O) groups is 4. The summed E-state index contributed by atoms with van der Waals surface area (Å²) >= 11 is 0. The molecule has 2 aromatic carbocycles. The number of anilines is 3. The van der Waals surface area contributed by atoms with Gasteiger partial charge in [-0.3, -0.25) is 24.6 Å². The third-order valence-electron chi connectivity index (χ3n) is 5.95. The highest BCUT2D eigenvalue weighted by atomic mass is 16.5. The summed E-state index contributed by atoms with van der Waals surface area (Å²) < 4.78 is 5.67. The van der Waals surface area contributed by atoms with E-state index < -0.39 is 11.9 Å². The molecule has 4 rings (SSSR count). The number of carbonyl (C=O) groups excluding carboxylic acids is 4. The molecule has 178 valence electrons. The lowest BCUT2D eigenvalue weighted by molar-refractivity contribution is -0.120. The van der Waals surface area contributed by atoms with Crippen molar-refractivity contribution in [3.05, 3.63) is 47.0 Å². The highest BCUT2D eigenvalue weighted by Gasteiger charge is 2.30. The second kappa shape index (κ2) is 8.81. The van der Waals surface area contributed by atoms with Gasteiger partial charge in [0.2, 0.25) is 11.8 Å². The van der Waals surface area contributed by atoms with E-state index in [1.54, 1.807) is 18.2 Å². The Hall–Kier alpha value is -3.88. The van der Waals surface area contributed by atoms with Crippen molar-refractivity contribution in [1.82, 2.24) is 5.32 Å². The summed E-state index contributed by atoms with van der Waals surface area (Å²) in [4.78, 5) is 50.6. The Balaban J connectivity index is 1.72. The fraction of sp³-hybridized carbons (Fsp3) is 0.360. The number of nitrogens with one attached hydrogen (secondary N) is 3. The SMILES string of the molecule is COc1c(C(=O)Nc2ccc3c(c2)CCC(=O)N3)cc(N2CCC(=O)NC2=O)cc1C(C)(C)C. The first kappa shape index (κ1) is 23.3. The number of aryl methyl sites for hydroxylation is 1. The van der Waals surface area contributed by atoms with Gasteiger partial charge in [0.25, 0.3) is 5.91 Å². The van der Waals surface area contributed by atoms with Crippen LogP contribution in [0.1, 0.15) is 55.1 Å². The second-order valence-corrected chi connectivity index (χ2v) is 9.45. The molecule has 0 atom stereocenters. The highest BCUT2D eigenvalue weighted by Crippen LogP contribution is 2.38. The molecule has 2 heterocycles. The number of urea groups is 1. The molecule has 9 nitrogen and oxygen atoms in total. The first-order chi connectivity index (χ1) is 16.1. The second-order valence-electron chi connectivity index (χ2n) is 9.45. The van der Waals surface area contributed by atoms with Crippen LogP contribution in [0.15, 0.2) is 30.3 Å². The van der Waals surface area contributed by atoms with Gasteiger partial charge in [0.05, 0.1) is 12.7 Å². The van der Waals surface area contributed by atoms with Crippen LogP contribution in [-0.2, 0) is 21.4 Å². The molecule has 34 heavy (non-hydrogen) atoms. The van der Waals surface area contributed by atoms with E-state index in [1.807, 2.05) is 32.9 Å². The molecular formula is C25H28N4O5. The molecule has 0 aromatic heterocycles. The minimum Gasteiger partial charge on any atom is -0.496 e. The molecule has 0 aliphatic carbocycles. The maximum absolute atomic E-state index is 13.4. The number of ether oxygens (including phenoxy) is 1. The van der Waals surface area contributed by atoms with Crippen molar-refractivity contribution in [1.29, 1.82) is 0 Å². The van der Waals surface area contributed by atoms with E-state index in [9.17, 15) is 19.2 Å². The minimum absolute atomic E-state index is 0.0241. The molecule has 0 saturated carbocycles. The molecule has 1 saturated heterocycles. The van der Waals surface area contributed by atoms with Gasteiger partial charge in [-0.1, -0.05) is 20.8 Å². The van der Waals surface area contributed by atoms with Crippen LogP contribution in [0.4, 0.5) is 21.9 Å². The standard InChI is InChI=1S/C25H28N4O5/c1-25(2,3)18-13-16(29-10-9-21(31)28-24(29)33)12-17(22(18)34-4)23(32)26-15-6-7-19-14(11-15)5-8-20(30)27-19/h6-7,11-13H,5,8-10H2,1-4H3,(H,26,32)(H,27,30)(H,28,31,33). The summed E-state index contributed by atoms with van der Waals surface area (Å²) in [6, 6.07) is 8.25. The Morgan fingerprint density at radius 2 is 1.74 bits per heavy atom. The maximum atomic E-state index is 13.4. The van der Waals surface area contributed by atoms with Gasteiger partial charge in [0, 0.05) is 42.0 Å². The molecule has 9 heteroatoms. The van der Waals surface area contributed by atoms with Gasteiger partial charge in [0.15, 0.2) is 0 Å². The van der Waals surface area contributed by atoms with Gasteiger partial charge < -0.3 is 15.4 Å². The smallest absolute Gasteiger partial charge is 0.328 e. The van der Waals surface area contributed by atoms with E-state index >= 15 is 0 Å². The van der Waals surface area contributed by atoms with Gasteiger partial charge in [-0.05, 0) is 47.7 Å². The maximum Gasteiger partial charge on any atom is 0.328 e. The van der Waals surface area contributed by atoms with Crippen molar-refractivity contribution in [2.24, 2.45) is 0 Å². The number of rotatable bonds is 4. The lowest BCUT2D eigenvalue weighted by Gasteiger charge is -2.30. The van der Waals surface area contributed by atoms with Gasteiger partial charge in [-0.15, -0.1) is 0 Å². The van der Waals surface area contributed by atoms with Crippen molar-refractivity contribution < 1.29 is 23.9 Å². The zero-order valence-electron chi connectivity index (χ0n) is 19.7. The molecule has 3 N–H and O–H groups in total. The first-order valence-corrected chi connectivity index (χ1v) is 11.1. The van der Waals surface area contributed by atoms with Crippen LogP contribution in [0.3, 0.4) is 0 Å². The van der Waals surface area contributed by atoms with Crippen LogP contribution in [0.5, 0.6) is 5.75 Å². The summed E-state index contributed by atoms with van der Waals surface area (Å²) in [5.74, 6) is -0.318. The number of hydrogen-bond acceptors (Lipinski definition) is 5. The van der Waals surface area contributed by atoms with Gasteiger partial charge >= 0.3 is 6.03 Å². The predicted molar refractivity (Wildman–Crippen MR) is 129 cm³/mol. The number of nitrogens with zero attached hydrogens (tertiary/aromatic N) is 1. The average molecular weight is 465 g/mol. The molecule has 5 amide bonds. The Bertz CT molecular complexity index is 1200. The first-order valence-electron chi connectivity index (χ1n) is 11.1. The number of methoxy groups -OCH3 is 1. The van der Waals surface area contributed by atoms with E-state index in [0.29, 0.717) is 30.0 Å². The highest BCUT2D eigenvalue weighted by molar-refractivity contribution is 6.10. The topological polar surface area (TPSA) is 117 Å². The van der Waals surface area contributed by atoms with Crippen molar-refractivity contribution in [3.63, 3.8) is 0 Å². The van der Waals surface area contributed by atoms with Crippen LogP contribution in [0, 0.1) is 0 Å². The zero-order valence-corrected chi connectivity index (χ0v) is 19.7. The molecule has 2 aliphatic rings. The number of fused-ring (bicyclic) bond motifs is 1. The van der Waals surface area contributed by atoms with E-state index in [1.165, 1.54) is 12.0 Å². The van der Waals surface area contributed by atoms with E-state index in [4.69, 9.17) is 4.74 Å². The summed E-state index contributed by atoms with van der Waals surface area (Å²) in [6.07, 6.45) is 1.17.